The van der Waals surface area contributed by atoms with Gasteiger partial charge < -0.3 is 11.1 Å². The molecule has 0 aromatic carbocycles. The summed E-state index contributed by atoms with van der Waals surface area (Å²) in [5, 5.41) is 7.32. The molecule has 0 saturated heterocycles. The molecule has 21 heavy (non-hydrogen) atoms. The van der Waals surface area contributed by atoms with Gasteiger partial charge in [-0.25, -0.2) is 4.98 Å². The van der Waals surface area contributed by atoms with Crippen LogP contribution in [0.5, 0.6) is 0 Å². The van der Waals surface area contributed by atoms with Gasteiger partial charge in [0.15, 0.2) is 0 Å². The Hall–Kier alpha value is -1.99. The maximum Gasteiger partial charge on any atom is 0.149 e. The molecular formula is C14H15N5S2. The van der Waals surface area contributed by atoms with E-state index in [1.165, 1.54) is 11.5 Å². The highest BCUT2D eigenvalue weighted by Crippen LogP contribution is 2.39. The summed E-state index contributed by atoms with van der Waals surface area (Å²) in [5.41, 5.74) is 9.02. The van der Waals surface area contributed by atoms with Gasteiger partial charge in [0.05, 0.1) is 11.6 Å². The molecule has 3 aromatic rings. The number of nitrogens with two attached hydrogens (primary N) is 1. The second kappa shape index (κ2) is 5.79. The number of aromatic nitrogens is 3. The van der Waals surface area contributed by atoms with E-state index in [0.717, 1.165) is 26.8 Å². The zero-order valence-electron chi connectivity index (χ0n) is 11.7. The molecule has 7 heteroatoms. The lowest BCUT2D eigenvalue weighted by molar-refractivity contribution is 0.880. The van der Waals surface area contributed by atoms with Crippen LogP contribution in [-0.4, -0.2) is 14.3 Å². The predicted molar refractivity (Wildman–Crippen MR) is 88.6 cm³/mol. The van der Waals surface area contributed by atoms with E-state index in [2.05, 4.69) is 26.6 Å². The maximum atomic E-state index is 6.01. The molecule has 0 aliphatic heterocycles. The smallest absolute Gasteiger partial charge is 0.149 e. The first-order valence-corrected chi connectivity index (χ1v) is 8.14. The molecule has 3 rings (SSSR count). The van der Waals surface area contributed by atoms with Crippen molar-refractivity contribution in [1.82, 2.24) is 14.3 Å². The van der Waals surface area contributed by atoms with Gasteiger partial charge in [0, 0.05) is 23.5 Å². The van der Waals surface area contributed by atoms with E-state index < -0.39 is 0 Å². The van der Waals surface area contributed by atoms with Crippen LogP contribution in [-0.2, 0) is 0 Å². The molecule has 3 N–H and O–H groups in total. The van der Waals surface area contributed by atoms with Crippen molar-refractivity contribution in [1.29, 1.82) is 0 Å². The molecule has 108 valence electrons. The number of nitrogen functional groups attached to an aromatic ring is 1. The average molecular weight is 317 g/mol. The van der Waals surface area contributed by atoms with E-state index in [1.54, 1.807) is 17.5 Å². The minimum Gasteiger partial charge on any atom is -0.382 e. The lowest BCUT2D eigenvalue weighted by atomic mass is 10.1. The van der Waals surface area contributed by atoms with Gasteiger partial charge in [0.25, 0.3) is 0 Å². The Labute approximate surface area is 131 Å². The van der Waals surface area contributed by atoms with E-state index in [1.807, 2.05) is 30.6 Å². The fraction of sp³-hybridized carbons (Fsp3) is 0.214. The Balaban J connectivity index is 1.90. The van der Waals surface area contributed by atoms with Gasteiger partial charge in [-0.1, -0.05) is 6.07 Å². The molecule has 5 nitrogen and oxygen atoms in total. The molecule has 0 radical (unpaired) electrons. The maximum absolute atomic E-state index is 6.01. The van der Waals surface area contributed by atoms with Gasteiger partial charge >= 0.3 is 0 Å². The van der Waals surface area contributed by atoms with Crippen LogP contribution in [0.2, 0.25) is 0 Å². The number of nitrogens with one attached hydrogen (secondary N) is 1. The first-order chi connectivity index (χ1) is 10.1. The summed E-state index contributed by atoms with van der Waals surface area (Å²) in [5.74, 6) is 0.523. The van der Waals surface area contributed by atoms with Crippen molar-refractivity contribution >= 4 is 33.7 Å². The van der Waals surface area contributed by atoms with Gasteiger partial charge in [-0.2, -0.15) is 4.37 Å². The SMILES string of the molecule is Cc1csc(-c2c(N)nsc2NC(C)c2cccnc2)n1. The first-order valence-electron chi connectivity index (χ1n) is 6.49. The van der Waals surface area contributed by atoms with Gasteiger partial charge in [0.1, 0.15) is 15.8 Å². The second-order valence-corrected chi connectivity index (χ2v) is 6.35. The average Bonchev–Trinajstić information content (AvgIpc) is 3.06. The molecule has 3 heterocycles. The van der Waals surface area contributed by atoms with Crippen LogP contribution in [0, 0.1) is 6.92 Å². The lowest BCUT2D eigenvalue weighted by Gasteiger charge is -2.14. The monoisotopic (exact) mass is 317 g/mol. The summed E-state index contributed by atoms with van der Waals surface area (Å²) in [6.07, 6.45) is 3.62. The number of nitrogens with zero attached hydrogens (tertiary/aromatic N) is 3. The van der Waals surface area contributed by atoms with Gasteiger partial charge in [-0.3, -0.25) is 4.98 Å². The number of rotatable bonds is 4. The van der Waals surface area contributed by atoms with Crippen LogP contribution >= 0.6 is 22.9 Å². The second-order valence-electron chi connectivity index (χ2n) is 4.72. The van der Waals surface area contributed by atoms with Crippen molar-refractivity contribution in [2.45, 2.75) is 19.9 Å². The van der Waals surface area contributed by atoms with Crippen LogP contribution < -0.4 is 11.1 Å². The normalized spacial score (nSPS) is 12.3. The third-order valence-electron chi connectivity index (χ3n) is 3.08. The number of aryl methyl sites for hydroxylation is 1. The highest BCUT2D eigenvalue weighted by Gasteiger charge is 2.18. The Kier molecular flexibility index (Phi) is 3.85. The van der Waals surface area contributed by atoms with Crippen molar-refractivity contribution in [2.24, 2.45) is 0 Å². The van der Waals surface area contributed by atoms with Gasteiger partial charge in [-0.05, 0) is 37.0 Å². The van der Waals surface area contributed by atoms with E-state index in [4.69, 9.17) is 5.73 Å². The van der Waals surface area contributed by atoms with Crippen molar-refractivity contribution in [3.63, 3.8) is 0 Å². The zero-order chi connectivity index (χ0) is 14.8. The topological polar surface area (TPSA) is 76.7 Å². The van der Waals surface area contributed by atoms with Crippen LogP contribution in [0.15, 0.2) is 29.9 Å². The third-order valence-corrected chi connectivity index (χ3v) is 4.85. The summed E-state index contributed by atoms with van der Waals surface area (Å²) in [6, 6.07) is 4.10. The van der Waals surface area contributed by atoms with Crippen molar-refractivity contribution in [3.05, 3.63) is 41.2 Å². The molecule has 0 aliphatic rings. The summed E-state index contributed by atoms with van der Waals surface area (Å²) >= 11 is 2.95. The molecule has 0 aliphatic carbocycles. The predicted octanol–water partition coefficient (Wildman–Crippen LogP) is 3.73. The molecule has 1 atom stereocenters. The minimum absolute atomic E-state index is 0.123. The van der Waals surface area contributed by atoms with Crippen LogP contribution in [0.4, 0.5) is 10.8 Å². The number of pyridine rings is 1. The summed E-state index contributed by atoms with van der Waals surface area (Å²) < 4.78 is 4.26. The fourth-order valence-electron chi connectivity index (χ4n) is 1.99. The molecule has 3 aromatic heterocycles. The summed E-state index contributed by atoms with van der Waals surface area (Å²) in [6.45, 7) is 4.06. The highest BCUT2D eigenvalue weighted by molar-refractivity contribution is 7.15. The van der Waals surface area contributed by atoms with Gasteiger partial charge in [0.2, 0.25) is 0 Å². The minimum atomic E-state index is 0.123. The summed E-state index contributed by atoms with van der Waals surface area (Å²) in [7, 11) is 0. The van der Waals surface area contributed by atoms with Crippen molar-refractivity contribution in [2.75, 3.05) is 11.1 Å². The van der Waals surface area contributed by atoms with Crippen molar-refractivity contribution in [3.8, 4) is 10.6 Å². The number of hydrogen-bond acceptors (Lipinski definition) is 7. The molecular weight excluding hydrogens is 302 g/mol. The molecule has 0 fully saturated rings. The lowest BCUT2D eigenvalue weighted by Crippen LogP contribution is -2.06. The summed E-state index contributed by atoms with van der Waals surface area (Å²) in [4.78, 5) is 8.66. The van der Waals surface area contributed by atoms with Crippen LogP contribution in [0.25, 0.3) is 10.6 Å². The fourth-order valence-corrected chi connectivity index (χ4v) is 3.71. The van der Waals surface area contributed by atoms with E-state index in [9.17, 15) is 0 Å². The number of anilines is 2. The molecule has 0 saturated carbocycles. The Morgan fingerprint density at radius 3 is 2.90 bits per heavy atom. The molecule has 0 bridgehead atoms. The quantitative estimate of drug-likeness (QED) is 0.767. The Morgan fingerprint density at radius 2 is 2.24 bits per heavy atom. The largest absolute Gasteiger partial charge is 0.382 e. The first kappa shape index (κ1) is 14.0. The molecule has 0 spiro atoms. The highest BCUT2D eigenvalue weighted by atomic mass is 32.1. The number of hydrogen-bond donors (Lipinski definition) is 2. The Bertz CT molecular complexity index is 735. The Morgan fingerprint density at radius 1 is 1.38 bits per heavy atom. The van der Waals surface area contributed by atoms with Crippen LogP contribution in [0.3, 0.4) is 0 Å². The van der Waals surface area contributed by atoms with Gasteiger partial charge in [-0.15, -0.1) is 11.3 Å². The third kappa shape index (κ3) is 2.88. The number of thiazole rings is 1. The van der Waals surface area contributed by atoms with E-state index in [0.29, 0.717) is 5.82 Å². The standard InChI is InChI=1S/C14H15N5S2/c1-8-7-20-13(17-8)11-12(15)19-21-14(11)18-9(2)10-4-3-5-16-6-10/h3-7,9,18H,1-2H3,(H2,15,19). The van der Waals surface area contributed by atoms with E-state index in [-0.39, 0.29) is 6.04 Å². The van der Waals surface area contributed by atoms with Crippen LogP contribution in [0.1, 0.15) is 24.2 Å². The molecule has 0 amide bonds. The van der Waals surface area contributed by atoms with Crippen molar-refractivity contribution < 1.29 is 0 Å². The zero-order valence-corrected chi connectivity index (χ0v) is 13.3. The van der Waals surface area contributed by atoms with E-state index >= 15 is 0 Å². The molecule has 1 unspecified atom stereocenters.